The number of nitrogens with zero attached hydrogens (tertiary/aromatic N) is 5. The first-order valence-corrected chi connectivity index (χ1v) is 10.5. The van der Waals surface area contributed by atoms with Gasteiger partial charge in [0, 0.05) is 54.1 Å². The minimum Gasteiger partial charge on any atom is -0.481 e. The van der Waals surface area contributed by atoms with Crippen LogP contribution in [-0.4, -0.2) is 38.3 Å². The Hall–Kier alpha value is -4.28. The Morgan fingerprint density at radius 2 is 1.74 bits per heavy atom. The van der Waals surface area contributed by atoms with E-state index in [1.165, 1.54) is 6.20 Å². The number of carbonyl (C=O) groups is 1. The number of ether oxygens (including phenoxy) is 1. The van der Waals surface area contributed by atoms with Crippen LogP contribution in [0.1, 0.15) is 18.3 Å². The molecule has 1 N–H and O–H groups in total. The first-order valence-electron chi connectivity index (χ1n) is 10.5. The van der Waals surface area contributed by atoms with Gasteiger partial charge in [0.15, 0.2) is 0 Å². The van der Waals surface area contributed by atoms with Crippen molar-refractivity contribution in [2.24, 2.45) is 0 Å². The summed E-state index contributed by atoms with van der Waals surface area (Å²) in [6.45, 7) is 4.37. The highest BCUT2D eigenvalue weighted by Gasteiger charge is 2.32. The van der Waals surface area contributed by atoms with Gasteiger partial charge in [-0.1, -0.05) is 0 Å². The first-order chi connectivity index (χ1) is 16.7. The lowest BCUT2D eigenvalue weighted by Gasteiger charge is -2.06. The molecule has 0 saturated heterocycles. The molecule has 11 heteroatoms. The second-order valence-corrected chi connectivity index (χ2v) is 7.19. The van der Waals surface area contributed by atoms with Gasteiger partial charge in [-0.05, 0) is 49.7 Å². The molecule has 0 unspecified atom stereocenters. The summed E-state index contributed by atoms with van der Waals surface area (Å²) in [6.07, 6.45) is 2.46. The molecule has 182 valence electrons. The topological polar surface area (TPSA) is 94.8 Å². The van der Waals surface area contributed by atoms with Crippen molar-refractivity contribution in [1.29, 1.82) is 0 Å². The molecule has 0 atom stereocenters. The Morgan fingerprint density at radius 1 is 1.03 bits per heavy atom. The third-order valence-electron chi connectivity index (χ3n) is 4.88. The number of aromatic nitrogens is 5. The molecule has 0 aliphatic heterocycles. The van der Waals surface area contributed by atoms with E-state index in [9.17, 15) is 18.0 Å². The summed E-state index contributed by atoms with van der Waals surface area (Å²) in [5.74, 6) is 1.09. The Bertz CT molecular complexity index is 1260. The molecule has 0 bridgehead atoms. The van der Waals surface area contributed by atoms with Gasteiger partial charge in [-0.15, -0.1) is 0 Å². The molecule has 0 aliphatic carbocycles. The third kappa shape index (κ3) is 6.62. The van der Waals surface area contributed by atoms with Gasteiger partial charge in [-0.25, -0.2) is 9.97 Å². The van der Waals surface area contributed by atoms with Crippen molar-refractivity contribution < 1.29 is 22.7 Å². The lowest BCUT2D eigenvalue weighted by atomic mass is 10.1. The van der Waals surface area contributed by atoms with Crippen LogP contribution in [0.5, 0.6) is 5.88 Å². The average Bonchev–Trinajstić information content (AvgIpc) is 3.25. The van der Waals surface area contributed by atoms with E-state index in [-0.39, 0.29) is 0 Å². The predicted molar refractivity (Wildman–Crippen MR) is 125 cm³/mol. The SMILES string of the molecule is CCn1cc(-c2ccnc(C(F)(F)F)c2)c(C)n1.COc1ccc(-c2ccc(NC=O)nc2)cn1. The van der Waals surface area contributed by atoms with Gasteiger partial charge in [0.2, 0.25) is 12.3 Å². The summed E-state index contributed by atoms with van der Waals surface area (Å²) in [5.41, 5.74) is 2.87. The maximum Gasteiger partial charge on any atom is 0.433 e. The molecular weight excluding hydrogens is 461 g/mol. The highest BCUT2D eigenvalue weighted by Crippen LogP contribution is 2.31. The quantitative estimate of drug-likeness (QED) is 0.387. The van der Waals surface area contributed by atoms with Crippen LogP contribution >= 0.6 is 0 Å². The second kappa shape index (κ2) is 11.2. The van der Waals surface area contributed by atoms with E-state index in [2.05, 4.69) is 25.4 Å². The Balaban J connectivity index is 0.000000196. The third-order valence-corrected chi connectivity index (χ3v) is 4.88. The molecule has 4 aromatic rings. The fourth-order valence-electron chi connectivity index (χ4n) is 3.10. The lowest BCUT2D eigenvalue weighted by molar-refractivity contribution is -0.141. The molecule has 0 saturated carbocycles. The molecule has 4 aromatic heterocycles. The van der Waals surface area contributed by atoms with Crippen molar-refractivity contribution >= 4 is 12.2 Å². The number of pyridine rings is 3. The maximum atomic E-state index is 12.6. The van der Waals surface area contributed by atoms with Crippen molar-refractivity contribution in [2.45, 2.75) is 26.6 Å². The highest BCUT2D eigenvalue weighted by atomic mass is 19.4. The number of anilines is 1. The van der Waals surface area contributed by atoms with Crippen molar-refractivity contribution in [3.63, 3.8) is 0 Å². The normalized spacial score (nSPS) is 10.8. The highest BCUT2D eigenvalue weighted by molar-refractivity contribution is 5.70. The number of carbonyl (C=O) groups excluding carboxylic acids is 1. The molecule has 0 radical (unpaired) electrons. The number of rotatable bonds is 6. The van der Waals surface area contributed by atoms with E-state index in [0.29, 0.717) is 41.5 Å². The lowest BCUT2D eigenvalue weighted by Crippen LogP contribution is -2.07. The van der Waals surface area contributed by atoms with Crippen LogP contribution in [0.2, 0.25) is 0 Å². The van der Waals surface area contributed by atoms with Crippen LogP contribution in [0.25, 0.3) is 22.3 Å². The van der Waals surface area contributed by atoms with Gasteiger partial charge < -0.3 is 10.1 Å². The van der Waals surface area contributed by atoms with Crippen molar-refractivity contribution in [1.82, 2.24) is 24.7 Å². The van der Waals surface area contributed by atoms with Gasteiger partial charge in [-0.2, -0.15) is 18.3 Å². The fourth-order valence-corrected chi connectivity index (χ4v) is 3.10. The molecule has 8 nitrogen and oxygen atoms in total. The van der Waals surface area contributed by atoms with Gasteiger partial charge >= 0.3 is 6.18 Å². The predicted octanol–water partition coefficient (Wildman–Crippen LogP) is 5.01. The van der Waals surface area contributed by atoms with E-state index in [4.69, 9.17) is 4.74 Å². The molecule has 0 spiro atoms. The van der Waals surface area contributed by atoms with Crippen LogP contribution in [0.3, 0.4) is 0 Å². The van der Waals surface area contributed by atoms with Gasteiger partial charge in [0.1, 0.15) is 11.5 Å². The van der Waals surface area contributed by atoms with E-state index >= 15 is 0 Å². The van der Waals surface area contributed by atoms with Gasteiger partial charge in [0.25, 0.3) is 0 Å². The molecule has 35 heavy (non-hydrogen) atoms. The number of nitrogens with one attached hydrogen (secondary N) is 1. The zero-order valence-electron chi connectivity index (χ0n) is 19.2. The van der Waals surface area contributed by atoms with Gasteiger partial charge in [-0.3, -0.25) is 14.5 Å². The molecule has 4 rings (SSSR count). The first kappa shape index (κ1) is 25.3. The average molecular weight is 484 g/mol. The van der Waals surface area contributed by atoms with Gasteiger partial charge in [0.05, 0.1) is 12.8 Å². The number of amides is 1. The van der Waals surface area contributed by atoms with Crippen molar-refractivity contribution in [3.8, 4) is 28.1 Å². The standard InChI is InChI=1S/C12H12F3N3.C12H11N3O2/c1-3-18-7-10(8(2)17-18)9-4-5-16-11(6-9)12(13,14)15;1-17-12-5-3-10(7-14-12)9-2-4-11(13-6-9)15-8-16/h4-7H,3H2,1-2H3;2-8H,1H3,(H,13,15,16). The molecule has 1 amide bonds. The number of methoxy groups -OCH3 is 1. The number of hydrogen-bond donors (Lipinski definition) is 1. The monoisotopic (exact) mass is 484 g/mol. The largest absolute Gasteiger partial charge is 0.481 e. The van der Waals surface area contributed by atoms with Crippen molar-refractivity contribution in [2.75, 3.05) is 12.4 Å². The zero-order chi connectivity index (χ0) is 25.4. The van der Waals surface area contributed by atoms with Crippen LogP contribution in [0.4, 0.5) is 19.0 Å². The summed E-state index contributed by atoms with van der Waals surface area (Å²) >= 11 is 0. The molecule has 4 heterocycles. The maximum absolute atomic E-state index is 12.6. The molecular formula is C24H23F3N6O2. The van der Waals surface area contributed by atoms with Crippen LogP contribution < -0.4 is 10.1 Å². The number of alkyl halides is 3. The van der Waals surface area contributed by atoms with Crippen LogP contribution in [-0.2, 0) is 17.5 Å². The van der Waals surface area contributed by atoms with E-state index in [0.717, 1.165) is 17.2 Å². The second-order valence-electron chi connectivity index (χ2n) is 7.19. The Kier molecular flexibility index (Phi) is 8.13. The minimum atomic E-state index is -4.43. The fraction of sp³-hybridized carbons (Fsp3) is 0.208. The summed E-state index contributed by atoms with van der Waals surface area (Å²) in [7, 11) is 1.57. The van der Waals surface area contributed by atoms with E-state index in [1.54, 1.807) is 55.5 Å². The zero-order valence-corrected chi connectivity index (χ0v) is 19.2. The number of halogens is 3. The Morgan fingerprint density at radius 3 is 2.26 bits per heavy atom. The molecule has 0 aromatic carbocycles. The minimum absolute atomic E-state index is 0.481. The summed E-state index contributed by atoms with van der Waals surface area (Å²) in [5, 5.41) is 6.69. The van der Waals surface area contributed by atoms with E-state index < -0.39 is 11.9 Å². The van der Waals surface area contributed by atoms with Crippen LogP contribution in [0.15, 0.2) is 61.2 Å². The number of aryl methyl sites for hydroxylation is 2. The van der Waals surface area contributed by atoms with Crippen molar-refractivity contribution in [3.05, 3.63) is 72.6 Å². The number of hydrogen-bond acceptors (Lipinski definition) is 6. The smallest absolute Gasteiger partial charge is 0.433 e. The summed E-state index contributed by atoms with van der Waals surface area (Å²) in [4.78, 5) is 21.8. The molecule has 0 fully saturated rings. The summed E-state index contributed by atoms with van der Waals surface area (Å²) < 4.78 is 44.4. The van der Waals surface area contributed by atoms with Crippen LogP contribution in [0, 0.1) is 6.92 Å². The van der Waals surface area contributed by atoms with E-state index in [1.807, 2.05) is 19.1 Å². The molecule has 0 aliphatic rings. The summed E-state index contributed by atoms with van der Waals surface area (Å²) in [6, 6.07) is 9.88. The Labute approximate surface area is 199 Å².